The number of nitrogens with one attached hydrogen (secondary N) is 1. The van der Waals surface area contributed by atoms with Crippen molar-refractivity contribution in [1.82, 2.24) is 5.32 Å². The largest absolute Gasteiger partial charge is 0.393 e. The maximum Gasteiger partial charge on any atom is 0.0570 e. The second kappa shape index (κ2) is 2.98. The van der Waals surface area contributed by atoms with Gasteiger partial charge in [0, 0.05) is 18.0 Å². The third-order valence-corrected chi connectivity index (χ3v) is 2.83. The quantitative estimate of drug-likeness (QED) is 0.634. The van der Waals surface area contributed by atoms with E-state index in [0.29, 0.717) is 11.5 Å². The molecule has 1 aliphatic carbocycles. The maximum absolute atomic E-state index is 9.05. The third kappa shape index (κ3) is 1.63. The first kappa shape index (κ1) is 8.48. The van der Waals surface area contributed by atoms with E-state index in [0.717, 1.165) is 32.6 Å². The maximum atomic E-state index is 9.05. The molecule has 12 heavy (non-hydrogen) atoms. The van der Waals surface area contributed by atoms with E-state index in [-0.39, 0.29) is 6.10 Å². The van der Waals surface area contributed by atoms with Crippen molar-refractivity contribution in [3.8, 4) is 0 Å². The van der Waals surface area contributed by atoms with Crippen LogP contribution in [0.4, 0.5) is 0 Å². The molecule has 2 N–H and O–H groups in total. The van der Waals surface area contributed by atoms with Crippen molar-refractivity contribution in [2.75, 3.05) is 19.8 Å². The van der Waals surface area contributed by atoms with Gasteiger partial charge in [-0.1, -0.05) is 6.92 Å². The lowest BCUT2D eigenvalue weighted by Crippen LogP contribution is -2.53. The number of rotatable bonds is 3. The molecule has 0 atom stereocenters. The molecular weight excluding hydrogens is 154 g/mol. The van der Waals surface area contributed by atoms with Crippen molar-refractivity contribution in [2.45, 2.75) is 31.9 Å². The summed E-state index contributed by atoms with van der Waals surface area (Å²) in [6.45, 7) is 5.04. The Morgan fingerprint density at radius 2 is 2.17 bits per heavy atom. The van der Waals surface area contributed by atoms with Crippen molar-refractivity contribution < 1.29 is 9.84 Å². The summed E-state index contributed by atoms with van der Waals surface area (Å²) in [7, 11) is 0. The molecular formula is C9H17NO2. The fourth-order valence-electron chi connectivity index (χ4n) is 1.70. The Morgan fingerprint density at radius 3 is 2.58 bits per heavy atom. The fraction of sp³-hybridized carbons (Fsp3) is 1.00. The summed E-state index contributed by atoms with van der Waals surface area (Å²) in [5.41, 5.74) is 0.362. The van der Waals surface area contributed by atoms with Gasteiger partial charge in [0.25, 0.3) is 0 Å². The van der Waals surface area contributed by atoms with Gasteiger partial charge in [0.2, 0.25) is 0 Å². The van der Waals surface area contributed by atoms with Gasteiger partial charge in [-0.05, 0) is 12.8 Å². The van der Waals surface area contributed by atoms with Crippen LogP contribution in [0.1, 0.15) is 19.8 Å². The van der Waals surface area contributed by atoms with Gasteiger partial charge < -0.3 is 15.2 Å². The van der Waals surface area contributed by atoms with E-state index in [4.69, 9.17) is 9.84 Å². The predicted octanol–water partition coefficient (Wildman–Crippen LogP) is 0.136. The second-order valence-corrected chi connectivity index (χ2v) is 4.51. The summed E-state index contributed by atoms with van der Waals surface area (Å²) >= 11 is 0. The number of hydrogen-bond donors (Lipinski definition) is 2. The van der Waals surface area contributed by atoms with E-state index in [1.807, 2.05) is 0 Å². The van der Waals surface area contributed by atoms with Crippen molar-refractivity contribution >= 4 is 0 Å². The molecule has 1 aliphatic heterocycles. The first-order valence-corrected chi connectivity index (χ1v) is 4.67. The first-order valence-electron chi connectivity index (χ1n) is 4.67. The van der Waals surface area contributed by atoms with Crippen LogP contribution in [-0.4, -0.2) is 37.0 Å². The molecule has 1 heterocycles. The van der Waals surface area contributed by atoms with Crippen LogP contribution in [0.5, 0.6) is 0 Å². The molecule has 3 heteroatoms. The third-order valence-electron chi connectivity index (χ3n) is 2.83. The molecule has 2 fully saturated rings. The molecule has 0 spiro atoms. The highest BCUT2D eigenvalue weighted by Crippen LogP contribution is 2.27. The Bertz CT molecular complexity index is 162. The van der Waals surface area contributed by atoms with Crippen LogP contribution in [0.3, 0.4) is 0 Å². The highest BCUT2D eigenvalue weighted by Gasteiger charge is 2.35. The minimum atomic E-state index is -0.0482. The normalized spacial score (nSPS) is 38.5. The van der Waals surface area contributed by atoms with Crippen LogP contribution in [0.15, 0.2) is 0 Å². The highest BCUT2D eigenvalue weighted by molar-refractivity contribution is 4.89. The zero-order valence-electron chi connectivity index (χ0n) is 7.55. The average molecular weight is 171 g/mol. The first-order chi connectivity index (χ1) is 5.68. The van der Waals surface area contributed by atoms with E-state index in [9.17, 15) is 0 Å². The summed E-state index contributed by atoms with van der Waals surface area (Å²) in [5, 5.41) is 12.5. The van der Waals surface area contributed by atoms with E-state index in [1.165, 1.54) is 0 Å². The lowest BCUT2D eigenvalue weighted by atomic mass is 9.85. The van der Waals surface area contributed by atoms with Crippen molar-refractivity contribution in [2.24, 2.45) is 5.41 Å². The molecule has 0 amide bonds. The van der Waals surface area contributed by atoms with Gasteiger partial charge in [0.15, 0.2) is 0 Å². The molecule has 0 unspecified atom stereocenters. The van der Waals surface area contributed by atoms with Crippen molar-refractivity contribution in [3.63, 3.8) is 0 Å². The van der Waals surface area contributed by atoms with Gasteiger partial charge >= 0.3 is 0 Å². The summed E-state index contributed by atoms with van der Waals surface area (Å²) in [6, 6.07) is 0.553. The van der Waals surface area contributed by atoms with Gasteiger partial charge in [-0.2, -0.15) is 0 Å². The summed E-state index contributed by atoms with van der Waals surface area (Å²) in [5.74, 6) is 0. The van der Waals surface area contributed by atoms with E-state index in [1.54, 1.807) is 0 Å². The smallest absolute Gasteiger partial charge is 0.0570 e. The molecule has 1 saturated heterocycles. The molecule has 2 rings (SSSR count). The molecule has 2 aliphatic rings. The van der Waals surface area contributed by atoms with Gasteiger partial charge in [-0.15, -0.1) is 0 Å². The van der Waals surface area contributed by atoms with Crippen LogP contribution in [0.2, 0.25) is 0 Å². The van der Waals surface area contributed by atoms with Crippen molar-refractivity contribution in [3.05, 3.63) is 0 Å². The Kier molecular flexibility index (Phi) is 2.10. The zero-order chi connectivity index (χ0) is 8.60. The summed E-state index contributed by atoms with van der Waals surface area (Å²) in [4.78, 5) is 0. The zero-order valence-corrected chi connectivity index (χ0v) is 7.55. The van der Waals surface area contributed by atoms with Gasteiger partial charge in [-0.3, -0.25) is 0 Å². The Balaban J connectivity index is 1.62. The number of aliphatic hydroxyl groups excluding tert-OH is 1. The van der Waals surface area contributed by atoms with E-state index in [2.05, 4.69) is 12.2 Å². The minimum Gasteiger partial charge on any atom is -0.393 e. The lowest BCUT2D eigenvalue weighted by Gasteiger charge is -2.41. The Hall–Kier alpha value is -0.120. The van der Waals surface area contributed by atoms with Gasteiger partial charge in [0.1, 0.15) is 0 Å². The molecule has 0 bridgehead atoms. The Labute approximate surface area is 73.1 Å². The predicted molar refractivity (Wildman–Crippen MR) is 46.0 cm³/mol. The monoisotopic (exact) mass is 171 g/mol. The lowest BCUT2D eigenvalue weighted by molar-refractivity contribution is -0.102. The fourth-order valence-corrected chi connectivity index (χ4v) is 1.70. The van der Waals surface area contributed by atoms with Gasteiger partial charge in [-0.25, -0.2) is 0 Å². The topological polar surface area (TPSA) is 41.5 Å². The van der Waals surface area contributed by atoms with Crippen LogP contribution in [-0.2, 0) is 4.74 Å². The SMILES string of the molecule is CC1(CNC2CC(O)C2)COC1. The number of ether oxygens (including phenoxy) is 1. The number of aliphatic hydroxyl groups is 1. The number of hydrogen-bond acceptors (Lipinski definition) is 3. The molecule has 0 aromatic rings. The highest BCUT2D eigenvalue weighted by atomic mass is 16.5. The summed E-state index contributed by atoms with van der Waals surface area (Å²) < 4.78 is 5.15. The van der Waals surface area contributed by atoms with E-state index >= 15 is 0 Å². The standard InChI is InChI=1S/C9H17NO2/c1-9(5-12-6-9)4-10-7-2-8(11)3-7/h7-8,10-11H,2-6H2,1H3. The average Bonchev–Trinajstić information content (AvgIpc) is 1.92. The molecule has 70 valence electrons. The van der Waals surface area contributed by atoms with Crippen LogP contribution in [0, 0.1) is 5.41 Å². The van der Waals surface area contributed by atoms with Crippen LogP contribution < -0.4 is 5.32 Å². The van der Waals surface area contributed by atoms with E-state index < -0.39 is 0 Å². The van der Waals surface area contributed by atoms with Crippen LogP contribution >= 0.6 is 0 Å². The molecule has 1 saturated carbocycles. The second-order valence-electron chi connectivity index (χ2n) is 4.51. The van der Waals surface area contributed by atoms with Crippen molar-refractivity contribution in [1.29, 1.82) is 0 Å². The molecule has 0 radical (unpaired) electrons. The molecule has 0 aromatic carbocycles. The summed E-state index contributed by atoms with van der Waals surface area (Å²) in [6.07, 6.45) is 1.81. The molecule has 0 aromatic heterocycles. The van der Waals surface area contributed by atoms with Gasteiger partial charge in [0.05, 0.1) is 19.3 Å². The molecule has 3 nitrogen and oxygen atoms in total. The Morgan fingerprint density at radius 1 is 1.50 bits per heavy atom. The minimum absolute atomic E-state index is 0.0482. The van der Waals surface area contributed by atoms with Crippen LogP contribution in [0.25, 0.3) is 0 Å².